The Kier molecular flexibility index (Phi) is 9.05. The zero-order valence-electron chi connectivity index (χ0n) is 23.2. The van der Waals surface area contributed by atoms with Gasteiger partial charge in [0.05, 0.1) is 7.11 Å². The molecule has 1 amide bonds. The molecule has 202 valence electrons. The molecule has 1 heterocycles. The molecule has 1 saturated heterocycles. The lowest BCUT2D eigenvalue weighted by molar-refractivity contribution is 0.0703. The third-order valence-corrected chi connectivity index (χ3v) is 7.32. The van der Waals surface area contributed by atoms with E-state index in [0.29, 0.717) is 24.6 Å². The van der Waals surface area contributed by atoms with E-state index in [0.717, 1.165) is 25.4 Å². The van der Waals surface area contributed by atoms with E-state index in [9.17, 15) is 9.18 Å². The maximum Gasteiger partial charge on any atom is 0.253 e. The predicted octanol–water partition coefficient (Wildman–Crippen LogP) is 5.91. The molecule has 0 spiro atoms. The maximum absolute atomic E-state index is 13.5. The Bertz CT molecular complexity index is 1190. The summed E-state index contributed by atoms with van der Waals surface area (Å²) in [7, 11) is 5.80. The van der Waals surface area contributed by atoms with Crippen LogP contribution >= 0.6 is 0 Å². The fraction of sp³-hybridized carbons (Fsp3) is 0.406. The summed E-state index contributed by atoms with van der Waals surface area (Å²) in [4.78, 5) is 20.1. The van der Waals surface area contributed by atoms with Gasteiger partial charge in [0.1, 0.15) is 11.6 Å². The fourth-order valence-electron chi connectivity index (χ4n) is 5.42. The summed E-state index contributed by atoms with van der Waals surface area (Å²) >= 11 is 0. The number of methoxy groups -OCH3 is 1. The van der Waals surface area contributed by atoms with Crippen molar-refractivity contribution in [3.8, 4) is 5.75 Å². The molecule has 6 heteroatoms. The van der Waals surface area contributed by atoms with Gasteiger partial charge < -0.3 is 14.5 Å². The van der Waals surface area contributed by atoms with E-state index < -0.39 is 0 Å². The van der Waals surface area contributed by atoms with Crippen molar-refractivity contribution >= 4 is 11.6 Å². The largest absolute Gasteiger partial charge is 0.497 e. The number of halogens is 1. The molecule has 2 atom stereocenters. The van der Waals surface area contributed by atoms with E-state index in [-0.39, 0.29) is 23.6 Å². The second-order valence-electron chi connectivity index (χ2n) is 11.0. The first-order valence-corrected chi connectivity index (χ1v) is 13.4. The van der Waals surface area contributed by atoms with E-state index in [2.05, 4.69) is 74.1 Å². The molecule has 0 bridgehead atoms. The fourth-order valence-corrected chi connectivity index (χ4v) is 5.42. The average Bonchev–Trinajstić information content (AvgIpc) is 3.30. The van der Waals surface area contributed by atoms with Crippen LogP contribution in [0.3, 0.4) is 0 Å². The average molecular weight is 518 g/mol. The Balaban J connectivity index is 1.58. The Labute approximate surface area is 226 Å². The van der Waals surface area contributed by atoms with Crippen LogP contribution in [0.4, 0.5) is 10.1 Å². The maximum atomic E-state index is 13.5. The van der Waals surface area contributed by atoms with Crippen molar-refractivity contribution in [2.24, 2.45) is 11.8 Å². The van der Waals surface area contributed by atoms with E-state index >= 15 is 0 Å². The molecule has 38 heavy (non-hydrogen) atoms. The zero-order chi connectivity index (χ0) is 27.2. The van der Waals surface area contributed by atoms with Crippen LogP contribution in [-0.2, 0) is 6.54 Å². The van der Waals surface area contributed by atoms with Crippen molar-refractivity contribution in [2.75, 3.05) is 52.3 Å². The van der Waals surface area contributed by atoms with Crippen molar-refractivity contribution in [3.63, 3.8) is 0 Å². The zero-order valence-corrected chi connectivity index (χ0v) is 23.2. The number of hydrogen-bond acceptors (Lipinski definition) is 4. The van der Waals surface area contributed by atoms with Gasteiger partial charge >= 0.3 is 0 Å². The Morgan fingerprint density at radius 1 is 1.03 bits per heavy atom. The van der Waals surface area contributed by atoms with Gasteiger partial charge in [0.15, 0.2) is 0 Å². The third-order valence-electron chi connectivity index (χ3n) is 7.32. The van der Waals surface area contributed by atoms with E-state index in [1.54, 1.807) is 19.2 Å². The summed E-state index contributed by atoms with van der Waals surface area (Å²) < 4.78 is 19.1. The molecule has 4 rings (SSSR count). The molecular formula is C32H40FN3O2. The second-order valence-corrected chi connectivity index (χ2v) is 11.0. The number of amides is 1. The SMILES string of the molecule is COc1cccc([C@@H]2CN(Cc3ccc(N(C)C)cc3)C[C@@H]2CN(CC(C)C)C(=O)c2ccc(F)cc2)c1. The van der Waals surface area contributed by atoms with Crippen molar-refractivity contribution in [1.82, 2.24) is 9.80 Å². The smallest absolute Gasteiger partial charge is 0.253 e. The summed E-state index contributed by atoms with van der Waals surface area (Å²) in [5, 5.41) is 0. The summed E-state index contributed by atoms with van der Waals surface area (Å²) in [6, 6.07) is 22.9. The molecular weight excluding hydrogens is 477 g/mol. The van der Waals surface area contributed by atoms with Crippen LogP contribution in [0.15, 0.2) is 72.8 Å². The van der Waals surface area contributed by atoms with Crippen LogP contribution in [0.25, 0.3) is 0 Å². The van der Waals surface area contributed by atoms with Gasteiger partial charge in [-0.2, -0.15) is 0 Å². The minimum atomic E-state index is -0.333. The summed E-state index contributed by atoms with van der Waals surface area (Å²) in [6.07, 6.45) is 0. The normalized spacial score (nSPS) is 17.6. The Hall–Kier alpha value is -3.38. The van der Waals surface area contributed by atoms with Crippen LogP contribution in [0.5, 0.6) is 5.75 Å². The minimum absolute atomic E-state index is 0.0409. The molecule has 0 radical (unpaired) electrons. The molecule has 5 nitrogen and oxygen atoms in total. The number of likely N-dealkylation sites (tertiary alicyclic amines) is 1. The lowest BCUT2D eigenvalue weighted by Gasteiger charge is -2.30. The molecule has 1 aliphatic heterocycles. The van der Waals surface area contributed by atoms with Gasteiger partial charge in [-0.3, -0.25) is 9.69 Å². The first kappa shape index (κ1) is 27.6. The van der Waals surface area contributed by atoms with Gasteiger partial charge in [0, 0.05) is 64.0 Å². The Morgan fingerprint density at radius 2 is 1.74 bits per heavy atom. The van der Waals surface area contributed by atoms with E-state index in [4.69, 9.17) is 4.74 Å². The molecule has 0 aromatic heterocycles. The molecule has 0 unspecified atom stereocenters. The van der Waals surface area contributed by atoms with Crippen LogP contribution in [0.1, 0.15) is 41.3 Å². The van der Waals surface area contributed by atoms with Crippen LogP contribution in [-0.4, -0.2) is 63.1 Å². The lowest BCUT2D eigenvalue weighted by Crippen LogP contribution is -2.39. The van der Waals surface area contributed by atoms with Crippen molar-refractivity contribution in [1.29, 1.82) is 0 Å². The summed E-state index contributed by atoms with van der Waals surface area (Å²) in [5.41, 5.74) is 4.23. The monoisotopic (exact) mass is 517 g/mol. The highest BCUT2D eigenvalue weighted by molar-refractivity contribution is 5.94. The van der Waals surface area contributed by atoms with Gasteiger partial charge in [-0.1, -0.05) is 38.1 Å². The van der Waals surface area contributed by atoms with Gasteiger partial charge in [0.2, 0.25) is 0 Å². The highest BCUT2D eigenvalue weighted by Gasteiger charge is 2.36. The first-order chi connectivity index (χ1) is 18.2. The quantitative estimate of drug-likeness (QED) is 0.335. The number of rotatable bonds is 10. The summed E-state index contributed by atoms with van der Waals surface area (Å²) in [5.74, 6) is 1.32. The minimum Gasteiger partial charge on any atom is -0.497 e. The predicted molar refractivity (Wildman–Crippen MR) is 152 cm³/mol. The van der Waals surface area contributed by atoms with Crippen LogP contribution < -0.4 is 9.64 Å². The molecule has 3 aromatic carbocycles. The lowest BCUT2D eigenvalue weighted by atomic mass is 9.88. The van der Waals surface area contributed by atoms with Crippen LogP contribution in [0, 0.1) is 17.7 Å². The summed E-state index contributed by atoms with van der Waals surface area (Å²) in [6.45, 7) is 8.22. The molecule has 1 fully saturated rings. The number of ether oxygens (including phenoxy) is 1. The third kappa shape index (κ3) is 6.93. The molecule has 3 aromatic rings. The van der Waals surface area contributed by atoms with Crippen LogP contribution in [0.2, 0.25) is 0 Å². The highest BCUT2D eigenvalue weighted by atomic mass is 19.1. The standard InChI is InChI=1S/C32H40FN3O2/c1-23(2)18-36(32(37)25-11-13-28(33)14-12-25)21-27-20-35(19-24-9-15-29(16-10-24)34(3)4)22-31(27)26-7-6-8-30(17-26)38-5/h6-17,23,27,31H,18-22H2,1-5H3/t27-,31+/m1/s1. The number of carbonyl (C=O) groups is 1. The van der Waals surface area contributed by atoms with Crippen molar-refractivity contribution in [2.45, 2.75) is 26.3 Å². The number of benzene rings is 3. The number of hydrogen-bond donors (Lipinski definition) is 0. The number of carbonyl (C=O) groups excluding carboxylic acids is 1. The second kappa shape index (κ2) is 12.4. The van der Waals surface area contributed by atoms with E-state index in [1.807, 2.05) is 17.0 Å². The number of anilines is 1. The van der Waals surface area contributed by atoms with Crippen molar-refractivity contribution < 1.29 is 13.9 Å². The van der Waals surface area contributed by atoms with E-state index in [1.165, 1.54) is 28.9 Å². The topological polar surface area (TPSA) is 36.0 Å². The number of nitrogens with zero attached hydrogens (tertiary/aromatic N) is 3. The van der Waals surface area contributed by atoms with Gasteiger partial charge in [0.25, 0.3) is 5.91 Å². The molecule has 1 aliphatic rings. The van der Waals surface area contributed by atoms with Gasteiger partial charge in [-0.15, -0.1) is 0 Å². The van der Waals surface area contributed by atoms with Gasteiger partial charge in [-0.25, -0.2) is 4.39 Å². The van der Waals surface area contributed by atoms with Crippen molar-refractivity contribution in [3.05, 3.63) is 95.3 Å². The van der Waals surface area contributed by atoms with Gasteiger partial charge in [-0.05, 0) is 71.5 Å². The molecule has 0 aliphatic carbocycles. The highest BCUT2D eigenvalue weighted by Crippen LogP contribution is 2.36. The first-order valence-electron chi connectivity index (χ1n) is 13.4. The molecule has 0 N–H and O–H groups in total. The Morgan fingerprint density at radius 3 is 2.37 bits per heavy atom. The molecule has 0 saturated carbocycles.